The Balaban J connectivity index is 2.65. The van der Waals surface area contributed by atoms with Gasteiger partial charge in [0.15, 0.2) is 6.72 Å². The molecule has 0 aliphatic carbocycles. The standard InChI is InChI=1S/C10H11N2/c1-3-8-5-4-6-9-7-11-12(2)10(8)9/h4-7H,2-3H2,1H3/q+1. The largest absolute Gasteiger partial charge is 0.249 e. The molecular formula is C10H11N2+. The zero-order valence-electron chi connectivity index (χ0n) is 7.12. The third kappa shape index (κ3) is 0.881. The molecule has 12 heavy (non-hydrogen) atoms. The predicted octanol–water partition coefficient (Wildman–Crippen LogP) is 1.94. The van der Waals surface area contributed by atoms with Crippen LogP contribution in [0.3, 0.4) is 0 Å². The molecule has 0 radical (unpaired) electrons. The highest BCUT2D eigenvalue weighted by Crippen LogP contribution is 2.26. The van der Waals surface area contributed by atoms with Gasteiger partial charge >= 0.3 is 0 Å². The Morgan fingerprint density at radius 3 is 3.08 bits per heavy atom. The molecule has 0 atom stereocenters. The van der Waals surface area contributed by atoms with Crippen LogP contribution in [0, 0.1) is 0 Å². The van der Waals surface area contributed by atoms with Crippen LogP contribution in [0.1, 0.15) is 18.1 Å². The van der Waals surface area contributed by atoms with Crippen molar-refractivity contribution in [2.75, 3.05) is 0 Å². The van der Waals surface area contributed by atoms with Crippen molar-refractivity contribution in [1.82, 2.24) is 0 Å². The number of fused-ring (bicyclic) bond motifs is 1. The molecule has 2 heteroatoms. The van der Waals surface area contributed by atoms with E-state index in [1.54, 1.807) is 4.68 Å². The molecule has 1 aromatic rings. The molecule has 0 spiro atoms. The summed E-state index contributed by atoms with van der Waals surface area (Å²) in [5, 5.41) is 4.11. The molecule has 0 bridgehead atoms. The maximum Gasteiger partial charge on any atom is 0.249 e. The minimum absolute atomic E-state index is 1.03. The normalized spacial score (nSPS) is 13.6. The summed E-state index contributed by atoms with van der Waals surface area (Å²) in [6.45, 7) is 5.96. The lowest BCUT2D eigenvalue weighted by Crippen LogP contribution is -1.93. The highest BCUT2D eigenvalue weighted by molar-refractivity contribution is 5.88. The first-order valence-electron chi connectivity index (χ1n) is 4.09. The molecule has 1 aliphatic rings. The van der Waals surface area contributed by atoms with E-state index in [1.807, 2.05) is 6.21 Å². The van der Waals surface area contributed by atoms with Gasteiger partial charge in [-0.3, -0.25) is 0 Å². The first kappa shape index (κ1) is 7.22. The van der Waals surface area contributed by atoms with Crippen LogP contribution in [0.5, 0.6) is 0 Å². The Kier molecular flexibility index (Phi) is 1.54. The SMILES string of the molecule is C=[N+]1N=Cc2cccc(CC)c21. The number of aryl methyl sites for hydroxylation is 1. The molecule has 0 fully saturated rings. The molecule has 1 aromatic carbocycles. The average molecular weight is 159 g/mol. The van der Waals surface area contributed by atoms with Gasteiger partial charge in [0, 0.05) is 5.56 Å². The highest BCUT2D eigenvalue weighted by atomic mass is 15.4. The molecule has 60 valence electrons. The molecule has 0 aromatic heterocycles. The van der Waals surface area contributed by atoms with Gasteiger partial charge in [0.1, 0.15) is 6.21 Å². The molecular weight excluding hydrogens is 148 g/mol. The van der Waals surface area contributed by atoms with Crippen LogP contribution in [0.15, 0.2) is 23.3 Å². The van der Waals surface area contributed by atoms with Gasteiger partial charge in [-0.2, -0.15) is 0 Å². The summed E-state index contributed by atoms with van der Waals surface area (Å²) in [4.78, 5) is 0. The molecule has 0 saturated heterocycles. The molecule has 0 amide bonds. The van der Waals surface area contributed by atoms with E-state index in [-0.39, 0.29) is 0 Å². The van der Waals surface area contributed by atoms with Crippen LogP contribution in [-0.2, 0) is 6.42 Å². The summed E-state index contributed by atoms with van der Waals surface area (Å²) in [7, 11) is 0. The van der Waals surface area contributed by atoms with Gasteiger partial charge in [0.2, 0.25) is 5.69 Å². The second-order valence-electron chi connectivity index (χ2n) is 2.85. The quantitative estimate of drug-likeness (QED) is 0.556. The lowest BCUT2D eigenvalue weighted by molar-refractivity contribution is -0.431. The van der Waals surface area contributed by atoms with Gasteiger partial charge in [0.05, 0.1) is 5.56 Å². The van der Waals surface area contributed by atoms with Gasteiger partial charge in [-0.25, -0.2) is 0 Å². The van der Waals surface area contributed by atoms with Crippen LogP contribution >= 0.6 is 0 Å². The van der Waals surface area contributed by atoms with E-state index >= 15 is 0 Å². The fraction of sp³-hybridized carbons (Fsp3) is 0.200. The number of hydrogen-bond acceptors (Lipinski definition) is 1. The fourth-order valence-electron chi connectivity index (χ4n) is 1.51. The zero-order chi connectivity index (χ0) is 8.55. The lowest BCUT2D eigenvalue weighted by atomic mass is 10.1. The number of benzene rings is 1. The predicted molar refractivity (Wildman–Crippen MR) is 50.5 cm³/mol. The van der Waals surface area contributed by atoms with Crippen LogP contribution < -0.4 is 0 Å². The zero-order valence-corrected chi connectivity index (χ0v) is 7.12. The van der Waals surface area contributed by atoms with Crippen molar-refractivity contribution in [3.8, 4) is 0 Å². The maximum absolute atomic E-state index is 4.11. The number of hydrogen-bond donors (Lipinski definition) is 0. The molecule has 0 N–H and O–H groups in total. The molecule has 2 nitrogen and oxygen atoms in total. The van der Waals surface area contributed by atoms with Crippen molar-refractivity contribution in [3.05, 3.63) is 29.3 Å². The van der Waals surface area contributed by atoms with Crippen molar-refractivity contribution in [3.63, 3.8) is 0 Å². The smallest absolute Gasteiger partial charge is 0.0610 e. The Bertz CT molecular complexity index is 364. The summed E-state index contributed by atoms with van der Waals surface area (Å²) >= 11 is 0. The Labute approximate surface area is 71.9 Å². The van der Waals surface area contributed by atoms with Gasteiger partial charge in [0.25, 0.3) is 0 Å². The van der Waals surface area contributed by atoms with Crippen molar-refractivity contribution >= 4 is 18.6 Å². The van der Waals surface area contributed by atoms with Crippen LogP contribution in [0.25, 0.3) is 0 Å². The monoisotopic (exact) mass is 159 g/mol. The second-order valence-corrected chi connectivity index (χ2v) is 2.85. The average Bonchev–Trinajstić information content (AvgIpc) is 2.48. The Morgan fingerprint density at radius 2 is 2.33 bits per heavy atom. The van der Waals surface area contributed by atoms with Crippen molar-refractivity contribution in [1.29, 1.82) is 0 Å². The molecule has 2 rings (SSSR count). The molecule has 1 heterocycles. The van der Waals surface area contributed by atoms with E-state index < -0.39 is 0 Å². The van der Waals surface area contributed by atoms with Gasteiger partial charge < -0.3 is 0 Å². The van der Waals surface area contributed by atoms with Gasteiger partial charge in [-0.15, -0.1) is 0 Å². The minimum Gasteiger partial charge on any atom is -0.0610 e. The lowest BCUT2D eigenvalue weighted by Gasteiger charge is -1.97. The molecule has 0 saturated carbocycles. The number of hydrazone groups is 1. The van der Waals surface area contributed by atoms with Crippen LogP contribution in [0.2, 0.25) is 0 Å². The highest BCUT2D eigenvalue weighted by Gasteiger charge is 2.21. The Hall–Kier alpha value is -1.44. The van der Waals surface area contributed by atoms with Gasteiger partial charge in [-0.1, -0.05) is 23.7 Å². The van der Waals surface area contributed by atoms with E-state index in [1.165, 1.54) is 11.1 Å². The van der Waals surface area contributed by atoms with Crippen molar-refractivity contribution in [2.24, 2.45) is 5.10 Å². The third-order valence-corrected chi connectivity index (χ3v) is 2.13. The summed E-state index contributed by atoms with van der Waals surface area (Å²) in [6, 6.07) is 6.23. The maximum atomic E-state index is 4.11. The number of para-hydroxylation sites is 1. The first-order valence-corrected chi connectivity index (χ1v) is 4.09. The Morgan fingerprint density at radius 1 is 1.50 bits per heavy atom. The number of nitrogens with zero attached hydrogens (tertiary/aromatic N) is 2. The van der Waals surface area contributed by atoms with E-state index in [9.17, 15) is 0 Å². The topological polar surface area (TPSA) is 15.4 Å². The molecule has 1 aliphatic heterocycles. The summed E-state index contributed by atoms with van der Waals surface area (Å²) in [6.07, 6.45) is 2.88. The van der Waals surface area contributed by atoms with E-state index in [0.717, 1.165) is 12.1 Å². The first-order chi connectivity index (χ1) is 5.83. The van der Waals surface area contributed by atoms with E-state index in [0.29, 0.717) is 0 Å². The van der Waals surface area contributed by atoms with Crippen LogP contribution in [-0.4, -0.2) is 17.6 Å². The second kappa shape index (κ2) is 2.55. The number of rotatable bonds is 1. The van der Waals surface area contributed by atoms with Gasteiger partial charge in [-0.05, 0) is 17.6 Å². The third-order valence-electron chi connectivity index (χ3n) is 2.13. The summed E-state index contributed by atoms with van der Waals surface area (Å²) in [5.74, 6) is 0. The van der Waals surface area contributed by atoms with Crippen molar-refractivity contribution < 1.29 is 4.68 Å². The fourth-order valence-corrected chi connectivity index (χ4v) is 1.51. The molecule has 0 unspecified atom stereocenters. The van der Waals surface area contributed by atoms with E-state index in [4.69, 9.17) is 0 Å². The summed E-state index contributed by atoms with van der Waals surface area (Å²) in [5.41, 5.74) is 3.63. The van der Waals surface area contributed by atoms with E-state index in [2.05, 4.69) is 36.9 Å². The minimum atomic E-state index is 1.03. The van der Waals surface area contributed by atoms with Crippen LogP contribution in [0.4, 0.5) is 5.69 Å². The summed E-state index contributed by atoms with van der Waals surface area (Å²) < 4.78 is 1.69. The van der Waals surface area contributed by atoms with Crippen molar-refractivity contribution in [2.45, 2.75) is 13.3 Å².